The summed E-state index contributed by atoms with van der Waals surface area (Å²) in [6.07, 6.45) is 0. The van der Waals surface area contributed by atoms with Crippen molar-refractivity contribution in [3.63, 3.8) is 0 Å². The van der Waals surface area contributed by atoms with Crippen molar-refractivity contribution in [2.45, 2.75) is 5.41 Å². The third kappa shape index (κ3) is 4.57. The van der Waals surface area contributed by atoms with E-state index in [0.29, 0.717) is 16.7 Å². The zero-order valence-electron chi connectivity index (χ0n) is 38.1. The minimum atomic E-state index is -1.75. The molecule has 240 valence electrons. The Bertz CT molecular complexity index is 3290. The molecule has 2 heterocycles. The highest BCUT2D eigenvalue weighted by Crippen LogP contribution is 2.55. The van der Waals surface area contributed by atoms with Crippen molar-refractivity contribution in [2.75, 3.05) is 0 Å². The maximum Gasteiger partial charge on any atom is 0.132 e. The summed E-state index contributed by atoms with van der Waals surface area (Å²) in [5, 5.41) is 1.74. The summed E-state index contributed by atoms with van der Waals surface area (Å²) in [5.41, 5.74) is 1.73. The number of hydrogen-bond acceptors (Lipinski definition) is 1. The van der Waals surface area contributed by atoms with E-state index in [1.165, 1.54) is 0 Å². The van der Waals surface area contributed by atoms with Crippen LogP contribution in [0.1, 0.15) is 37.3 Å². The number of aromatic nitrogens is 1. The Kier molecular flexibility index (Phi) is 4.64. The summed E-state index contributed by atoms with van der Waals surface area (Å²) in [5.74, 6) is -0.535. The van der Waals surface area contributed by atoms with Crippen LogP contribution >= 0.6 is 0 Å². The van der Waals surface area contributed by atoms with Crippen LogP contribution in [0.2, 0.25) is 0 Å². The molecule has 0 aliphatic carbocycles. The molecule has 0 spiro atoms. The van der Waals surface area contributed by atoms with Gasteiger partial charge < -0.3 is 9.30 Å². The van der Waals surface area contributed by atoms with Gasteiger partial charge in [0.15, 0.2) is 0 Å². The van der Waals surface area contributed by atoms with E-state index in [0.717, 1.165) is 27.5 Å². The molecule has 1 aliphatic rings. The van der Waals surface area contributed by atoms with Crippen molar-refractivity contribution in [3.05, 3.63) is 222 Å². The molecule has 0 unspecified atom stereocenters. The molecule has 0 bridgehead atoms. The van der Waals surface area contributed by atoms with Gasteiger partial charge in [0.1, 0.15) is 11.5 Å². The first-order valence-electron chi connectivity index (χ1n) is 22.1. The van der Waals surface area contributed by atoms with Gasteiger partial charge in [0.05, 0.1) is 31.5 Å². The molecule has 2 heteroatoms. The molecule has 0 radical (unpaired) electrons. The zero-order valence-corrected chi connectivity index (χ0v) is 27.1. The molecule has 0 saturated carbocycles. The first kappa shape index (κ1) is 20.1. The van der Waals surface area contributed by atoms with Gasteiger partial charge in [-0.2, -0.15) is 0 Å². The summed E-state index contributed by atoms with van der Waals surface area (Å²) < 4.78 is 111. The van der Waals surface area contributed by atoms with Crippen molar-refractivity contribution in [3.8, 4) is 39.4 Å². The smallest absolute Gasteiger partial charge is 0.132 e. The fourth-order valence-electron chi connectivity index (χ4n) is 7.45. The molecular weight excluding hydrogens is 619 g/mol. The van der Waals surface area contributed by atoms with Gasteiger partial charge in [0, 0.05) is 27.6 Å². The van der Waals surface area contributed by atoms with Gasteiger partial charge >= 0.3 is 0 Å². The standard InChI is InChI=1S/C49H33NO/c1-4-17-38(18-5-1)49(39-19-6-2-7-20-39)43-24-11-13-26-47(43)51-48-30-28-37(33-44(48)49)35-16-14-15-34(31-35)36-27-29-46-42(32-36)41-23-10-12-25-45(41)50(46)40-21-8-3-9-22-40/h1-33H/i11D,13D,14D,15D,16D,24D,26D,28D,30D,31D,33D. The summed E-state index contributed by atoms with van der Waals surface area (Å²) in [6.45, 7) is 0. The number of nitrogens with zero attached hydrogens (tertiary/aromatic N) is 1. The summed E-state index contributed by atoms with van der Waals surface area (Å²) >= 11 is 0. The van der Waals surface area contributed by atoms with Gasteiger partial charge in [0.2, 0.25) is 0 Å². The summed E-state index contributed by atoms with van der Waals surface area (Å²) in [4.78, 5) is 0. The zero-order chi connectivity index (χ0) is 43.4. The molecule has 0 N–H and O–H groups in total. The SMILES string of the molecule is [2H]c1c([2H])c([2H])c2c(c1[2H])Oc1c([2H])c([2H])c(-c3c([2H])c([2H])c([2H])c(-c4ccc5c(c4)c4ccccc4n5-c4ccccc4)c3[2H])c([2H])c1C2(c1ccccc1)c1ccccc1. The van der Waals surface area contributed by atoms with Gasteiger partial charge in [-0.15, -0.1) is 0 Å². The lowest BCUT2D eigenvalue weighted by molar-refractivity contribution is 0.434. The average molecular weight is 663 g/mol. The first-order chi connectivity index (χ1) is 29.9. The van der Waals surface area contributed by atoms with Crippen LogP contribution in [-0.2, 0) is 5.41 Å². The molecule has 8 aromatic carbocycles. The maximum absolute atomic E-state index is 10.1. The van der Waals surface area contributed by atoms with Gasteiger partial charge in [-0.3, -0.25) is 0 Å². The van der Waals surface area contributed by atoms with Gasteiger partial charge in [-0.25, -0.2) is 0 Å². The lowest BCUT2D eigenvalue weighted by atomic mass is 9.63. The average Bonchev–Trinajstić information content (AvgIpc) is 3.63. The van der Waals surface area contributed by atoms with Crippen LogP contribution in [0.25, 0.3) is 49.7 Å². The highest BCUT2D eigenvalue weighted by molar-refractivity contribution is 6.10. The Morgan fingerprint density at radius 2 is 1.06 bits per heavy atom. The molecular formula is C49H33NO. The van der Waals surface area contributed by atoms with E-state index >= 15 is 0 Å². The van der Waals surface area contributed by atoms with E-state index in [4.69, 9.17) is 10.2 Å². The van der Waals surface area contributed by atoms with Crippen LogP contribution in [0.3, 0.4) is 0 Å². The molecule has 0 atom stereocenters. The Hall–Kier alpha value is -6.64. The van der Waals surface area contributed by atoms with Crippen LogP contribution in [0.5, 0.6) is 11.5 Å². The van der Waals surface area contributed by atoms with Crippen molar-refractivity contribution in [1.29, 1.82) is 0 Å². The maximum atomic E-state index is 10.1. The first-order valence-corrected chi connectivity index (χ1v) is 16.6. The molecule has 51 heavy (non-hydrogen) atoms. The fraction of sp³-hybridized carbons (Fsp3) is 0.0204. The highest BCUT2D eigenvalue weighted by atomic mass is 16.5. The van der Waals surface area contributed by atoms with Crippen molar-refractivity contribution >= 4 is 21.8 Å². The quantitative estimate of drug-likeness (QED) is 0.179. The number of benzene rings is 8. The summed E-state index contributed by atoms with van der Waals surface area (Å²) in [6, 6.07) is 35.5. The third-order valence-corrected chi connectivity index (χ3v) is 9.65. The number of hydrogen-bond donors (Lipinski definition) is 0. The second-order valence-corrected chi connectivity index (χ2v) is 12.4. The monoisotopic (exact) mass is 662 g/mol. The van der Waals surface area contributed by atoms with Crippen LogP contribution in [0.4, 0.5) is 0 Å². The van der Waals surface area contributed by atoms with Crippen LogP contribution in [-0.4, -0.2) is 4.57 Å². The molecule has 2 nitrogen and oxygen atoms in total. The van der Waals surface area contributed by atoms with Crippen molar-refractivity contribution in [2.24, 2.45) is 0 Å². The normalized spacial score (nSPS) is 16.0. The Morgan fingerprint density at radius 1 is 0.451 bits per heavy atom. The molecule has 10 rings (SSSR count). The van der Waals surface area contributed by atoms with Gasteiger partial charge in [-0.1, -0.05) is 145 Å². The van der Waals surface area contributed by atoms with Crippen LogP contribution in [0, 0.1) is 0 Å². The van der Waals surface area contributed by atoms with Crippen LogP contribution in [0.15, 0.2) is 200 Å². The molecule has 0 saturated heterocycles. The van der Waals surface area contributed by atoms with E-state index in [9.17, 15) is 9.60 Å². The lowest BCUT2D eigenvalue weighted by Gasteiger charge is -2.41. The summed E-state index contributed by atoms with van der Waals surface area (Å²) in [7, 11) is 0. The number of ether oxygens (including phenoxy) is 1. The van der Waals surface area contributed by atoms with Crippen molar-refractivity contribution in [1.82, 2.24) is 4.57 Å². The minimum Gasteiger partial charge on any atom is -0.457 e. The molecule has 1 aliphatic heterocycles. The Labute approximate surface area is 312 Å². The second-order valence-electron chi connectivity index (χ2n) is 12.4. The predicted octanol–water partition coefficient (Wildman–Crippen LogP) is 12.6. The third-order valence-electron chi connectivity index (χ3n) is 9.65. The topological polar surface area (TPSA) is 14.2 Å². The van der Waals surface area contributed by atoms with E-state index in [-0.39, 0.29) is 51.4 Å². The van der Waals surface area contributed by atoms with Gasteiger partial charge in [-0.05, 0) is 87.9 Å². The minimum absolute atomic E-state index is 0.00600. The lowest BCUT2D eigenvalue weighted by Crippen LogP contribution is -2.34. The predicted molar refractivity (Wildman–Crippen MR) is 210 cm³/mol. The number of fused-ring (bicyclic) bond motifs is 5. The van der Waals surface area contributed by atoms with E-state index < -0.39 is 59.8 Å². The number of rotatable bonds is 5. The molecule has 0 fully saturated rings. The Morgan fingerprint density at radius 3 is 1.82 bits per heavy atom. The highest BCUT2D eigenvalue weighted by Gasteiger charge is 2.45. The van der Waals surface area contributed by atoms with E-state index in [2.05, 4.69) is 4.57 Å². The van der Waals surface area contributed by atoms with Gasteiger partial charge in [0.25, 0.3) is 0 Å². The molecule has 0 amide bonds. The largest absolute Gasteiger partial charge is 0.457 e. The Balaban J connectivity index is 1.30. The number of para-hydroxylation sites is 3. The van der Waals surface area contributed by atoms with Crippen LogP contribution < -0.4 is 4.74 Å². The molecule has 1 aromatic heterocycles. The van der Waals surface area contributed by atoms with E-state index in [1.54, 1.807) is 66.7 Å². The second kappa shape index (κ2) is 11.8. The fourth-order valence-corrected chi connectivity index (χ4v) is 7.45. The van der Waals surface area contributed by atoms with Crippen molar-refractivity contribution < 1.29 is 19.8 Å². The molecule has 9 aromatic rings. The van der Waals surface area contributed by atoms with E-state index in [1.807, 2.05) is 66.7 Å².